The van der Waals surface area contributed by atoms with Crippen LogP contribution in [0.2, 0.25) is 0 Å². The molecular weight excluding hydrogens is 132 g/mol. The third-order valence-corrected chi connectivity index (χ3v) is 2.38. The first-order chi connectivity index (χ1) is 5.17. The molecular formula is C11H20. The highest BCUT2D eigenvalue weighted by Crippen LogP contribution is 2.18. The molecule has 0 aliphatic carbocycles. The van der Waals surface area contributed by atoms with Crippen molar-refractivity contribution in [1.82, 2.24) is 0 Å². The van der Waals surface area contributed by atoms with Crippen LogP contribution in [0.3, 0.4) is 0 Å². The van der Waals surface area contributed by atoms with Gasteiger partial charge in [0, 0.05) is 0 Å². The van der Waals surface area contributed by atoms with Crippen molar-refractivity contribution < 1.29 is 0 Å². The maximum Gasteiger partial charge on any atom is -0.0308 e. The lowest BCUT2D eigenvalue weighted by molar-refractivity contribution is 1.02. The van der Waals surface area contributed by atoms with Gasteiger partial charge in [-0.1, -0.05) is 25.5 Å². The lowest BCUT2D eigenvalue weighted by Gasteiger charge is -2.07. The summed E-state index contributed by atoms with van der Waals surface area (Å²) in [6.07, 6.45) is 4.54. The smallest absolute Gasteiger partial charge is 0.0308 e. The summed E-state index contributed by atoms with van der Waals surface area (Å²) in [6.45, 7) is 11.0. The van der Waals surface area contributed by atoms with Crippen molar-refractivity contribution >= 4 is 0 Å². The summed E-state index contributed by atoms with van der Waals surface area (Å²) in [7, 11) is 0. The predicted octanol–water partition coefficient (Wildman–Crippen LogP) is 4.09. The highest BCUT2D eigenvalue weighted by molar-refractivity contribution is 5.32. The minimum Gasteiger partial charge on any atom is -0.0842 e. The van der Waals surface area contributed by atoms with Gasteiger partial charge in [-0.2, -0.15) is 0 Å². The van der Waals surface area contributed by atoms with Crippen LogP contribution >= 0.6 is 0 Å². The quantitative estimate of drug-likeness (QED) is 0.534. The summed E-state index contributed by atoms with van der Waals surface area (Å²) in [5.41, 5.74) is 4.49. The Morgan fingerprint density at radius 1 is 1.09 bits per heavy atom. The molecule has 11 heavy (non-hydrogen) atoms. The van der Waals surface area contributed by atoms with E-state index in [0.29, 0.717) is 0 Å². The Balaban J connectivity index is 4.57. The minimum absolute atomic E-state index is 1.15. The molecule has 0 spiro atoms. The van der Waals surface area contributed by atoms with Crippen LogP contribution < -0.4 is 0 Å². The Kier molecular flexibility index (Phi) is 4.93. The van der Waals surface area contributed by atoms with Gasteiger partial charge in [0.25, 0.3) is 0 Å². The van der Waals surface area contributed by atoms with E-state index in [2.05, 4.69) is 40.7 Å². The molecule has 0 radical (unpaired) electrons. The van der Waals surface area contributed by atoms with Crippen molar-refractivity contribution in [3.63, 3.8) is 0 Å². The molecule has 0 rings (SSSR count). The Morgan fingerprint density at radius 2 is 1.64 bits per heavy atom. The average molecular weight is 152 g/mol. The zero-order valence-corrected chi connectivity index (χ0v) is 8.49. The zero-order valence-electron chi connectivity index (χ0n) is 8.49. The van der Waals surface area contributed by atoms with Crippen LogP contribution in [-0.4, -0.2) is 0 Å². The van der Waals surface area contributed by atoms with Gasteiger partial charge in [0.2, 0.25) is 0 Å². The molecule has 0 aliphatic rings. The number of hydrogen-bond donors (Lipinski definition) is 0. The molecule has 0 heterocycles. The molecule has 0 aromatic rings. The number of hydrogen-bond acceptors (Lipinski definition) is 0. The van der Waals surface area contributed by atoms with Gasteiger partial charge in [-0.05, 0) is 44.8 Å². The molecule has 0 aliphatic heterocycles. The minimum atomic E-state index is 1.15. The fourth-order valence-electron chi connectivity index (χ4n) is 1.23. The summed E-state index contributed by atoms with van der Waals surface area (Å²) < 4.78 is 0. The van der Waals surface area contributed by atoms with Gasteiger partial charge in [-0.25, -0.2) is 0 Å². The summed E-state index contributed by atoms with van der Waals surface area (Å²) in [4.78, 5) is 0. The first-order valence-corrected chi connectivity index (χ1v) is 4.49. The molecule has 0 aromatic carbocycles. The number of allylic oxidation sites excluding steroid dienone is 4. The largest absolute Gasteiger partial charge is 0.0842 e. The van der Waals surface area contributed by atoms with Gasteiger partial charge in [-0.3, -0.25) is 0 Å². The van der Waals surface area contributed by atoms with Crippen LogP contribution in [0.15, 0.2) is 22.8 Å². The molecule has 0 bridgehead atoms. The lowest BCUT2D eigenvalue weighted by Crippen LogP contribution is -1.87. The molecule has 0 fully saturated rings. The average Bonchev–Trinajstić information content (AvgIpc) is 2.05. The normalized spacial score (nSPS) is 14.8. The topological polar surface area (TPSA) is 0 Å². The third kappa shape index (κ3) is 2.92. The van der Waals surface area contributed by atoms with Crippen molar-refractivity contribution in [2.75, 3.05) is 0 Å². The van der Waals surface area contributed by atoms with Gasteiger partial charge in [0.15, 0.2) is 0 Å². The zero-order chi connectivity index (χ0) is 8.85. The maximum atomic E-state index is 2.22. The van der Waals surface area contributed by atoms with Gasteiger partial charge in [0.05, 0.1) is 0 Å². The molecule has 64 valence electrons. The van der Waals surface area contributed by atoms with Crippen LogP contribution in [0.25, 0.3) is 0 Å². The fourth-order valence-corrected chi connectivity index (χ4v) is 1.23. The molecule has 0 heteroatoms. The summed E-state index contributed by atoms with van der Waals surface area (Å²) in [5, 5.41) is 0. The van der Waals surface area contributed by atoms with Gasteiger partial charge in [0.1, 0.15) is 0 Å². The Bertz CT molecular complexity index is 170. The molecule has 0 unspecified atom stereocenters. The predicted molar refractivity (Wildman–Crippen MR) is 52.7 cm³/mol. The molecule has 0 saturated heterocycles. The lowest BCUT2D eigenvalue weighted by atomic mass is 9.99. The van der Waals surface area contributed by atoms with E-state index >= 15 is 0 Å². The number of rotatable bonds is 3. The van der Waals surface area contributed by atoms with E-state index in [1.165, 1.54) is 23.1 Å². The molecule has 0 saturated carbocycles. The van der Waals surface area contributed by atoms with E-state index in [-0.39, 0.29) is 0 Å². The highest BCUT2D eigenvalue weighted by Gasteiger charge is 1.98. The van der Waals surface area contributed by atoms with E-state index in [0.717, 1.165) is 6.42 Å². The first kappa shape index (κ1) is 10.5. The summed E-state index contributed by atoms with van der Waals surface area (Å²) in [6, 6.07) is 0. The Labute approximate surface area is 71.0 Å². The second-order valence-corrected chi connectivity index (χ2v) is 2.93. The fraction of sp³-hybridized carbons (Fsp3) is 0.636. The van der Waals surface area contributed by atoms with Crippen LogP contribution in [0.5, 0.6) is 0 Å². The Hall–Kier alpha value is -0.520. The van der Waals surface area contributed by atoms with Gasteiger partial charge >= 0.3 is 0 Å². The first-order valence-electron chi connectivity index (χ1n) is 4.49. The monoisotopic (exact) mass is 152 g/mol. The van der Waals surface area contributed by atoms with E-state index in [9.17, 15) is 0 Å². The second-order valence-electron chi connectivity index (χ2n) is 2.93. The van der Waals surface area contributed by atoms with Gasteiger partial charge < -0.3 is 0 Å². The van der Waals surface area contributed by atoms with Crippen molar-refractivity contribution in [2.24, 2.45) is 0 Å². The third-order valence-electron chi connectivity index (χ3n) is 2.38. The molecule has 0 aromatic heterocycles. The van der Waals surface area contributed by atoms with E-state index in [1.54, 1.807) is 0 Å². The van der Waals surface area contributed by atoms with Gasteiger partial charge in [-0.15, -0.1) is 0 Å². The van der Waals surface area contributed by atoms with E-state index < -0.39 is 0 Å². The molecule has 0 atom stereocenters. The van der Waals surface area contributed by atoms with E-state index in [1.807, 2.05) is 0 Å². The van der Waals surface area contributed by atoms with Crippen LogP contribution in [0.1, 0.15) is 47.5 Å². The standard InChI is InChI=1S/C11H20/c1-6-9(4)10(5)11(7-2)8-3/h7H,6,8H2,1-5H3. The SMILES string of the molecule is CC=C(CC)C(C)=C(C)CC. The van der Waals surface area contributed by atoms with Crippen molar-refractivity contribution in [3.8, 4) is 0 Å². The maximum absolute atomic E-state index is 2.22. The Morgan fingerprint density at radius 3 is 1.91 bits per heavy atom. The highest BCUT2D eigenvalue weighted by atomic mass is 14.0. The molecule has 0 N–H and O–H groups in total. The van der Waals surface area contributed by atoms with Crippen LogP contribution in [0, 0.1) is 0 Å². The van der Waals surface area contributed by atoms with E-state index in [4.69, 9.17) is 0 Å². The van der Waals surface area contributed by atoms with Crippen LogP contribution in [0.4, 0.5) is 0 Å². The second kappa shape index (κ2) is 5.17. The van der Waals surface area contributed by atoms with Crippen molar-refractivity contribution in [2.45, 2.75) is 47.5 Å². The summed E-state index contributed by atoms with van der Waals surface area (Å²) in [5.74, 6) is 0. The van der Waals surface area contributed by atoms with Crippen molar-refractivity contribution in [1.29, 1.82) is 0 Å². The molecule has 0 amide bonds. The summed E-state index contributed by atoms with van der Waals surface area (Å²) >= 11 is 0. The molecule has 0 nitrogen and oxygen atoms in total. The van der Waals surface area contributed by atoms with Crippen LogP contribution in [-0.2, 0) is 0 Å². The van der Waals surface area contributed by atoms with Crippen molar-refractivity contribution in [3.05, 3.63) is 22.8 Å².